The molecule has 0 bridgehead atoms. The Balaban J connectivity index is 1.31. The Hall–Kier alpha value is -5.18. The van der Waals surface area contributed by atoms with Crippen LogP contribution in [0.15, 0.2) is 97.1 Å². The van der Waals surface area contributed by atoms with E-state index in [1.165, 1.54) is 24.3 Å². The molecule has 1 aliphatic rings. The molecule has 9 heteroatoms. The van der Waals surface area contributed by atoms with Crippen LogP contribution in [0.4, 0.5) is 14.9 Å². The summed E-state index contributed by atoms with van der Waals surface area (Å²) >= 11 is 0. The average Bonchev–Trinajstić information content (AvgIpc) is 3.35. The lowest BCUT2D eigenvalue weighted by Gasteiger charge is -2.23. The largest absolute Gasteiger partial charge is 0.464 e. The molecule has 0 radical (unpaired) electrons. The van der Waals surface area contributed by atoms with Gasteiger partial charge in [-0.25, -0.2) is 14.0 Å². The summed E-state index contributed by atoms with van der Waals surface area (Å²) in [5.41, 5.74) is 12.1. The van der Waals surface area contributed by atoms with E-state index in [0.29, 0.717) is 11.3 Å². The maximum absolute atomic E-state index is 13.6. The highest BCUT2D eigenvalue weighted by Crippen LogP contribution is 2.44. The number of carbonyl (C=O) groups excluding carboxylic acids is 3. The Bertz CT molecular complexity index is 1580. The third kappa shape index (κ3) is 7.23. The van der Waals surface area contributed by atoms with Crippen molar-refractivity contribution in [2.45, 2.75) is 37.8 Å². The molecule has 0 saturated carbocycles. The molecule has 4 aromatic rings. The van der Waals surface area contributed by atoms with Gasteiger partial charge in [-0.05, 0) is 64.6 Å². The molecule has 4 aromatic carbocycles. The van der Waals surface area contributed by atoms with Gasteiger partial charge in [-0.3, -0.25) is 4.79 Å². The number of hydrogen-bond acceptors (Lipinski definition) is 6. The number of carbonyl (C=O) groups is 3. The molecule has 4 N–H and O–H groups in total. The molecular formula is C35H34FN3O5. The first kappa shape index (κ1) is 30.3. The smallest absolute Gasteiger partial charge is 0.407 e. The summed E-state index contributed by atoms with van der Waals surface area (Å²) in [7, 11) is 0. The van der Waals surface area contributed by atoms with Crippen LogP contribution in [-0.2, 0) is 31.9 Å². The van der Waals surface area contributed by atoms with Gasteiger partial charge < -0.3 is 25.8 Å². The van der Waals surface area contributed by atoms with E-state index in [1.54, 1.807) is 31.2 Å². The summed E-state index contributed by atoms with van der Waals surface area (Å²) in [4.78, 5) is 39.6. The molecule has 0 unspecified atom stereocenters. The lowest BCUT2D eigenvalue weighted by Crippen LogP contribution is -2.53. The van der Waals surface area contributed by atoms with E-state index < -0.39 is 35.9 Å². The molecule has 0 heterocycles. The molecule has 0 saturated heterocycles. The number of hydrogen-bond donors (Lipinski definition) is 3. The molecule has 44 heavy (non-hydrogen) atoms. The van der Waals surface area contributed by atoms with E-state index in [0.717, 1.165) is 27.8 Å². The summed E-state index contributed by atoms with van der Waals surface area (Å²) < 4.78 is 24.3. The van der Waals surface area contributed by atoms with Gasteiger partial charge in [0.25, 0.3) is 0 Å². The molecule has 226 valence electrons. The summed E-state index contributed by atoms with van der Waals surface area (Å²) in [6.45, 7) is 1.85. The summed E-state index contributed by atoms with van der Waals surface area (Å²) in [5, 5.41) is 5.42. The third-order valence-corrected chi connectivity index (χ3v) is 7.61. The average molecular weight is 596 g/mol. The Kier molecular flexibility index (Phi) is 9.54. The minimum absolute atomic E-state index is 0.0738. The van der Waals surface area contributed by atoms with Gasteiger partial charge in [0.1, 0.15) is 24.5 Å². The molecule has 8 nitrogen and oxygen atoms in total. The Morgan fingerprint density at radius 2 is 1.30 bits per heavy atom. The zero-order valence-corrected chi connectivity index (χ0v) is 24.3. The SMILES string of the molecule is CCOC(=O)[C@H](Cc1ccc(F)cc1)NC(=O)[C@H](Cc1ccc(N)cc1)NC(=O)OCC1c2ccccc2-c2ccccc21. The Labute approximate surface area is 255 Å². The van der Waals surface area contributed by atoms with Gasteiger partial charge in [0.2, 0.25) is 5.91 Å². The lowest BCUT2D eigenvalue weighted by atomic mass is 9.98. The fraction of sp³-hybridized carbons (Fsp3) is 0.229. The number of halogens is 1. The molecule has 2 atom stereocenters. The van der Waals surface area contributed by atoms with E-state index in [1.807, 2.05) is 48.5 Å². The van der Waals surface area contributed by atoms with Gasteiger partial charge in [0, 0.05) is 24.4 Å². The number of nitrogens with one attached hydrogen (secondary N) is 2. The fourth-order valence-electron chi connectivity index (χ4n) is 5.45. The predicted octanol–water partition coefficient (Wildman–Crippen LogP) is 5.15. The van der Waals surface area contributed by atoms with Crippen LogP contribution in [0.25, 0.3) is 11.1 Å². The van der Waals surface area contributed by atoms with Crippen molar-refractivity contribution in [1.29, 1.82) is 0 Å². The van der Waals surface area contributed by atoms with Crippen LogP contribution in [0.5, 0.6) is 0 Å². The number of esters is 1. The zero-order chi connectivity index (χ0) is 31.1. The number of rotatable bonds is 11. The van der Waals surface area contributed by atoms with Crippen LogP contribution in [0, 0.1) is 5.82 Å². The number of nitrogen functional groups attached to an aromatic ring is 1. The minimum Gasteiger partial charge on any atom is -0.464 e. The third-order valence-electron chi connectivity index (χ3n) is 7.61. The standard InChI is InChI=1S/C35H34FN3O5/c1-2-43-34(41)32(20-22-11-15-24(36)16-12-22)38-33(40)31(19-23-13-17-25(37)18-14-23)39-35(42)44-21-30-28-9-5-3-7-26(28)27-8-4-6-10-29(27)30/h3-18,30-32H,2,19-21,37H2,1H3,(H,38,40)(H,39,42)/t31-,32-/m0/s1. The quantitative estimate of drug-likeness (QED) is 0.163. The summed E-state index contributed by atoms with van der Waals surface area (Å²) in [6.07, 6.45) is -0.582. The van der Waals surface area contributed by atoms with Gasteiger partial charge >= 0.3 is 12.1 Å². The van der Waals surface area contributed by atoms with E-state index in [9.17, 15) is 18.8 Å². The van der Waals surface area contributed by atoms with E-state index in [2.05, 4.69) is 10.6 Å². The van der Waals surface area contributed by atoms with Crippen molar-refractivity contribution >= 4 is 23.7 Å². The van der Waals surface area contributed by atoms with Crippen LogP contribution >= 0.6 is 0 Å². The number of amides is 2. The topological polar surface area (TPSA) is 120 Å². The van der Waals surface area contributed by atoms with E-state index >= 15 is 0 Å². The van der Waals surface area contributed by atoms with Crippen molar-refractivity contribution in [1.82, 2.24) is 10.6 Å². The van der Waals surface area contributed by atoms with Crippen LogP contribution < -0.4 is 16.4 Å². The van der Waals surface area contributed by atoms with Crippen LogP contribution in [0.3, 0.4) is 0 Å². The highest BCUT2D eigenvalue weighted by molar-refractivity contribution is 5.90. The van der Waals surface area contributed by atoms with Gasteiger partial charge in [0.05, 0.1) is 6.61 Å². The molecule has 0 aromatic heterocycles. The molecule has 1 aliphatic carbocycles. The van der Waals surface area contributed by atoms with Crippen molar-refractivity contribution in [3.8, 4) is 11.1 Å². The predicted molar refractivity (Wildman–Crippen MR) is 165 cm³/mol. The molecule has 0 aliphatic heterocycles. The molecule has 5 rings (SSSR count). The molecule has 0 spiro atoms. The highest BCUT2D eigenvalue weighted by atomic mass is 19.1. The first-order valence-electron chi connectivity index (χ1n) is 14.5. The van der Waals surface area contributed by atoms with Crippen molar-refractivity contribution in [3.05, 3.63) is 125 Å². The van der Waals surface area contributed by atoms with Gasteiger partial charge in [-0.1, -0.05) is 72.8 Å². The first-order valence-corrected chi connectivity index (χ1v) is 14.5. The van der Waals surface area contributed by atoms with Crippen molar-refractivity contribution in [2.75, 3.05) is 18.9 Å². The lowest BCUT2D eigenvalue weighted by molar-refractivity contribution is -0.147. The van der Waals surface area contributed by atoms with Gasteiger partial charge in [-0.2, -0.15) is 0 Å². The minimum atomic E-state index is -1.08. The van der Waals surface area contributed by atoms with E-state index in [4.69, 9.17) is 15.2 Å². The van der Waals surface area contributed by atoms with Crippen molar-refractivity contribution in [3.63, 3.8) is 0 Å². The van der Waals surface area contributed by atoms with Crippen molar-refractivity contribution < 1.29 is 28.2 Å². The van der Waals surface area contributed by atoms with Crippen LogP contribution in [0.2, 0.25) is 0 Å². The summed E-state index contributed by atoms with van der Waals surface area (Å²) in [6, 6.07) is 26.4. The second kappa shape index (κ2) is 13.9. The van der Waals surface area contributed by atoms with Gasteiger partial charge in [0.15, 0.2) is 0 Å². The number of anilines is 1. The number of nitrogens with two attached hydrogens (primary N) is 1. The maximum atomic E-state index is 13.6. The monoisotopic (exact) mass is 595 g/mol. The normalized spacial score (nSPS) is 13.2. The second-order valence-corrected chi connectivity index (χ2v) is 10.6. The number of benzene rings is 4. The van der Waals surface area contributed by atoms with Crippen LogP contribution in [-0.4, -0.2) is 43.3 Å². The maximum Gasteiger partial charge on any atom is 0.407 e. The van der Waals surface area contributed by atoms with Crippen molar-refractivity contribution in [2.24, 2.45) is 0 Å². The molecular weight excluding hydrogens is 561 g/mol. The summed E-state index contributed by atoms with van der Waals surface area (Å²) in [5.74, 6) is -1.81. The number of alkyl carbamates (subject to hydrolysis) is 1. The first-order chi connectivity index (χ1) is 21.3. The highest BCUT2D eigenvalue weighted by Gasteiger charge is 2.31. The van der Waals surface area contributed by atoms with Crippen LogP contribution in [0.1, 0.15) is 35.1 Å². The Morgan fingerprint density at radius 1 is 0.750 bits per heavy atom. The van der Waals surface area contributed by atoms with Gasteiger partial charge in [-0.15, -0.1) is 0 Å². The molecule has 2 amide bonds. The number of ether oxygens (including phenoxy) is 2. The fourth-order valence-corrected chi connectivity index (χ4v) is 5.45. The zero-order valence-electron chi connectivity index (χ0n) is 24.3. The molecule has 0 fully saturated rings. The van der Waals surface area contributed by atoms with E-state index in [-0.39, 0.29) is 32.0 Å². The second-order valence-electron chi connectivity index (χ2n) is 10.6. The number of fused-ring (bicyclic) bond motifs is 3. The Morgan fingerprint density at radius 3 is 1.89 bits per heavy atom.